The van der Waals surface area contributed by atoms with E-state index in [1.54, 1.807) is 14.2 Å². The van der Waals surface area contributed by atoms with Crippen LogP contribution in [0.25, 0.3) is 0 Å². The summed E-state index contributed by atoms with van der Waals surface area (Å²) in [6.45, 7) is 7.09. The summed E-state index contributed by atoms with van der Waals surface area (Å²) in [6, 6.07) is 5.78. The normalized spacial score (nSPS) is 11.1. The van der Waals surface area contributed by atoms with Crippen molar-refractivity contribution in [2.45, 2.75) is 32.7 Å². The first kappa shape index (κ1) is 17.3. The van der Waals surface area contributed by atoms with E-state index in [1.165, 1.54) is 0 Å². The smallest absolute Gasteiger partial charge is 0.239 e. The SMILES string of the molecule is CCNC(C)(C)C(=O)NCCc1ccc(OC)c(OC)c1. The van der Waals surface area contributed by atoms with Crippen LogP contribution in [-0.4, -0.2) is 38.8 Å². The Morgan fingerprint density at radius 2 is 1.86 bits per heavy atom. The largest absolute Gasteiger partial charge is 0.493 e. The molecule has 1 amide bonds. The van der Waals surface area contributed by atoms with Crippen LogP contribution in [-0.2, 0) is 11.2 Å². The molecule has 21 heavy (non-hydrogen) atoms. The molecule has 0 aliphatic heterocycles. The van der Waals surface area contributed by atoms with E-state index in [0.29, 0.717) is 18.0 Å². The molecular formula is C16H26N2O3. The summed E-state index contributed by atoms with van der Waals surface area (Å²) >= 11 is 0. The van der Waals surface area contributed by atoms with Crippen LogP contribution >= 0.6 is 0 Å². The molecular weight excluding hydrogens is 268 g/mol. The minimum atomic E-state index is -0.549. The number of likely N-dealkylation sites (N-methyl/N-ethyl adjacent to an activating group) is 1. The molecule has 2 N–H and O–H groups in total. The third kappa shape index (κ3) is 4.93. The van der Waals surface area contributed by atoms with Crippen LogP contribution in [0.5, 0.6) is 11.5 Å². The van der Waals surface area contributed by atoms with E-state index >= 15 is 0 Å². The summed E-state index contributed by atoms with van der Waals surface area (Å²) in [5, 5.41) is 6.10. The van der Waals surface area contributed by atoms with Gasteiger partial charge in [-0.2, -0.15) is 0 Å². The maximum absolute atomic E-state index is 12.1. The van der Waals surface area contributed by atoms with E-state index in [-0.39, 0.29) is 5.91 Å². The van der Waals surface area contributed by atoms with E-state index in [2.05, 4.69) is 10.6 Å². The topological polar surface area (TPSA) is 59.6 Å². The first-order chi connectivity index (χ1) is 9.94. The van der Waals surface area contributed by atoms with Gasteiger partial charge in [0.1, 0.15) is 0 Å². The van der Waals surface area contributed by atoms with Crippen LogP contribution in [0.3, 0.4) is 0 Å². The number of benzene rings is 1. The molecule has 0 bridgehead atoms. The maximum atomic E-state index is 12.1. The summed E-state index contributed by atoms with van der Waals surface area (Å²) in [7, 11) is 3.23. The lowest BCUT2D eigenvalue weighted by molar-refractivity contribution is -0.126. The summed E-state index contributed by atoms with van der Waals surface area (Å²) in [6.07, 6.45) is 0.744. The van der Waals surface area contributed by atoms with Crippen LogP contribution in [0, 0.1) is 0 Å². The second kappa shape index (κ2) is 7.88. The molecule has 0 radical (unpaired) electrons. The Labute approximate surface area is 127 Å². The van der Waals surface area contributed by atoms with E-state index in [1.807, 2.05) is 39.0 Å². The molecule has 0 heterocycles. The van der Waals surface area contributed by atoms with Crippen molar-refractivity contribution in [3.63, 3.8) is 0 Å². The first-order valence-electron chi connectivity index (χ1n) is 7.18. The summed E-state index contributed by atoms with van der Waals surface area (Å²) < 4.78 is 10.5. The zero-order valence-electron chi connectivity index (χ0n) is 13.6. The average molecular weight is 294 g/mol. The molecule has 118 valence electrons. The molecule has 1 aromatic carbocycles. The molecule has 5 heteroatoms. The molecule has 1 aromatic rings. The van der Waals surface area contributed by atoms with Gasteiger partial charge in [0.15, 0.2) is 11.5 Å². The monoisotopic (exact) mass is 294 g/mol. The van der Waals surface area contributed by atoms with Crippen LogP contribution < -0.4 is 20.1 Å². The van der Waals surface area contributed by atoms with E-state index in [9.17, 15) is 4.79 Å². The van der Waals surface area contributed by atoms with Crippen LogP contribution in [0.1, 0.15) is 26.3 Å². The van der Waals surface area contributed by atoms with Crippen molar-refractivity contribution in [2.75, 3.05) is 27.3 Å². The minimum absolute atomic E-state index is 0.00447. The number of hydrogen-bond acceptors (Lipinski definition) is 4. The third-order valence-electron chi connectivity index (χ3n) is 3.33. The Hall–Kier alpha value is -1.75. The van der Waals surface area contributed by atoms with Gasteiger partial charge in [0.05, 0.1) is 19.8 Å². The number of amides is 1. The quantitative estimate of drug-likeness (QED) is 0.767. The van der Waals surface area contributed by atoms with Crippen molar-refractivity contribution >= 4 is 5.91 Å². The van der Waals surface area contributed by atoms with E-state index in [4.69, 9.17) is 9.47 Å². The van der Waals surface area contributed by atoms with Gasteiger partial charge in [0, 0.05) is 6.54 Å². The molecule has 1 rings (SSSR count). The molecule has 0 saturated heterocycles. The highest BCUT2D eigenvalue weighted by atomic mass is 16.5. The number of carbonyl (C=O) groups is 1. The molecule has 0 saturated carbocycles. The molecule has 0 aliphatic carbocycles. The van der Waals surface area contributed by atoms with Crippen LogP contribution in [0.15, 0.2) is 18.2 Å². The fraction of sp³-hybridized carbons (Fsp3) is 0.562. The number of ether oxygens (including phenoxy) is 2. The first-order valence-corrected chi connectivity index (χ1v) is 7.18. The lowest BCUT2D eigenvalue weighted by Gasteiger charge is -2.24. The Morgan fingerprint density at radius 3 is 2.43 bits per heavy atom. The van der Waals surface area contributed by atoms with Crippen molar-refractivity contribution in [3.05, 3.63) is 23.8 Å². The van der Waals surface area contributed by atoms with Gasteiger partial charge in [0.2, 0.25) is 5.91 Å². The summed E-state index contributed by atoms with van der Waals surface area (Å²) in [4.78, 5) is 12.1. The number of hydrogen-bond donors (Lipinski definition) is 2. The number of carbonyl (C=O) groups excluding carboxylic acids is 1. The molecule has 0 aromatic heterocycles. The van der Waals surface area contributed by atoms with Gasteiger partial charge in [-0.05, 0) is 44.5 Å². The second-order valence-electron chi connectivity index (χ2n) is 5.35. The highest BCUT2D eigenvalue weighted by Gasteiger charge is 2.25. The zero-order chi connectivity index (χ0) is 15.9. The third-order valence-corrected chi connectivity index (χ3v) is 3.33. The fourth-order valence-corrected chi connectivity index (χ4v) is 2.10. The van der Waals surface area contributed by atoms with E-state index < -0.39 is 5.54 Å². The molecule has 0 aliphatic rings. The Kier molecular flexibility index (Phi) is 6.49. The van der Waals surface area contributed by atoms with Gasteiger partial charge in [-0.15, -0.1) is 0 Å². The van der Waals surface area contributed by atoms with Gasteiger partial charge in [-0.25, -0.2) is 0 Å². The Balaban J connectivity index is 2.55. The van der Waals surface area contributed by atoms with Crippen molar-refractivity contribution in [1.82, 2.24) is 10.6 Å². The number of methoxy groups -OCH3 is 2. The predicted octanol–water partition coefficient (Wildman–Crippen LogP) is 1.75. The highest BCUT2D eigenvalue weighted by molar-refractivity contribution is 5.85. The van der Waals surface area contributed by atoms with Gasteiger partial charge in [-0.3, -0.25) is 4.79 Å². The number of rotatable bonds is 8. The lowest BCUT2D eigenvalue weighted by atomic mass is 10.0. The highest BCUT2D eigenvalue weighted by Crippen LogP contribution is 2.27. The van der Waals surface area contributed by atoms with Crippen molar-refractivity contribution in [3.8, 4) is 11.5 Å². The molecule has 0 fully saturated rings. The van der Waals surface area contributed by atoms with Crippen LogP contribution in [0.4, 0.5) is 0 Å². The van der Waals surface area contributed by atoms with Crippen molar-refractivity contribution in [1.29, 1.82) is 0 Å². The molecule has 5 nitrogen and oxygen atoms in total. The van der Waals surface area contributed by atoms with E-state index in [0.717, 1.165) is 18.5 Å². The van der Waals surface area contributed by atoms with Gasteiger partial charge < -0.3 is 20.1 Å². The average Bonchev–Trinajstić information content (AvgIpc) is 2.46. The standard InChI is InChI=1S/C16H26N2O3/c1-6-18-16(2,3)15(19)17-10-9-12-7-8-13(20-4)14(11-12)21-5/h7-8,11,18H,6,9-10H2,1-5H3,(H,17,19). The Morgan fingerprint density at radius 1 is 1.19 bits per heavy atom. The van der Waals surface area contributed by atoms with Gasteiger partial charge >= 0.3 is 0 Å². The zero-order valence-corrected chi connectivity index (χ0v) is 13.6. The Bertz CT molecular complexity index is 473. The molecule has 0 unspecified atom stereocenters. The summed E-state index contributed by atoms with van der Waals surface area (Å²) in [5.74, 6) is 1.41. The molecule has 0 atom stereocenters. The fourth-order valence-electron chi connectivity index (χ4n) is 2.10. The predicted molar refractivity (Wildman–Crippen MR) is 84.0 cm³/mol. The maximum Gasteiger partial charge on any atom is 0.239 e. The van der Waals surface area contributed by atoms with Crippen molar-refractivity contribution < 1.29 is 14.3 Å². The summed E-state index contributed by atoms with van der Waals surface area (Å²) in [5.41, 5.74) is 0.543. The van der Waals surface area contributed by atoms with Gasteiger partial charge in [-0.1, -0.05) is 13.0 Å². The number of nitrogens with one attached hydrogen (secondary N) is 2. The lowest BCUT2D eigenvalue weighted by Crippen LogP contribution is -2.52. The van der Waals surface area contributed by atoms with Crippen molar-refractivity contribution in [2.24, 2.45) is 0 Å². The van der Waals surface area contributed by atoms with Gasteiger partial charge in [0.25, 0.3) is 0 Å². The molecule has 0 spiro atoms. The minimum Gasteiger partial charge on any atom is -0.493 e. The second-order valence-corrected chi connectivity index (χ2v) is 5.35. The van der Waals surface area contributed by atoms with Crippen LogP contribution in [0.2, 0.25) is 0 Å².